The van der Waals surface area contributed by atoms with Crippen LogP contribution in [0.25, 0.3) is 0 Å². The maximum absolute atomic E-state index is 12.0. The van der Waals surface area contributed by atoms with Gasteiger partial charge in [-0.3, -0.25) is 4.55 Å². The van der Waals surface area contributed by atoms with Crippen LogP contribution in [0, 0.1) is 0 Å². The van der Waals surface area contributed by atoms with Crippen molar-refractivity contribution in [3.8, 4) is 11.5 Å². The first-order valence-electron chi connectivity index (χ1n) is 12.7. The molecular formula is C30H34O6S. The lowest BCUT2D eigenvalue weighted by atomic mass is 9.92. The van der Waals surface area contributed by atoms with Crippen molar-refractivity contribution in [1.29, 1.82) is 0 Å². The molecule has 3 aromatic carbocycles. The topological polar surface area (TPSA) is 104 Å². The molecule has 6 nitrogen and oxygen atoms in total. The van der Waals surface area contributed by atoms with Gasteiger partial charge in [0, 0.05) is 0 Å². The van der Waals surface area contributed by atoms with Gasteiger partial charge in [-0.1, -0.05) is 66.7 Å². The number of aliphatic hydroxyl groups excluding tert-OH is 1. The molecule has 1 aliphatic rings. The van der Waals surface area contributed by atoms with E-state index in [0.717, 1.165) is 37.0 Å². The Morgan fingerprint density at radius 2 is 1.57 bits per heavy atom. The van der Waals surface area contributed by atoms with Gasteiger partial charge in [0.1, 0.15) is 17.1 Å². The molecule has 37 heavy (non-hydrogen) atoms. The zero-order valence-corrected chi connectivity index (χ0v) is 21.6. The minimum Gasteiger partial charge on any atom is -0.508 e. The van der Waals surface area contributed by atoms with Gasteiger partial charge in [-0.25, -0.2) is 0 Å². The number of allylic oxidation sites excluding steroid dienone is 1. The Morgan fingerprint density at radius 3 is 2.19 bits per heavy atom. The van der Waals surface area contributed by atoms with Gasteiger partial charge in [-0.05, 0) is 85.9 Å². The van der Waals surface area contributed by atoms with Crippen molar-refractivity contribution in [1.82, 2.24) is 0 Å². The molecule has 0 amide bonds. The van der Waals surface area contributed by atoms with Crippen LogP contribution in [-0.4, -0.2) is 28.4 Å². The quantitative estimate of drug-likeness (QED) is 0.207. The van der Waals surface area contributed by atoms with Gasteiger partial charge in [0.05, 0.1) is 11.4 Å². The second-order valence-electron chi connectivity index (χ2n) is 9.69. The fourth-order valence-corrected chi connectivity index (χ4v) is 5.72. The van der Waals surface area contributed by atoms with E-state index in [1.807, 2.05) is 42.5 Å². The second kappa shape index (κ2) is 11.9. The molecule has 0 radical (unpaired) electrons. The van der Waals surface area contributed by atoms with Gasteiger partial charge in [0.2, 0.25) is 0 Å². The zero-order chi connectivity index (χ0) is 26.3. The van der Waals surface area contributed by atoms with Gasteiger partial charge in [-0.15, -0.1) is 0 Å². The third-order valence-electron chi connectivity index (χ3n) is 7.08. The van der Waals surface area contributed by atoms with E-state index >= 15 is 0 Å². The van der Waals surface area contributed by atoms with Crippen LogP contribution in [0.5, 0.6) is 11.5 Å². The smallest absolute Gasteiger partial charge is 0.268 e. The number of phenols is 1. The summed E-state index contributed by atoms with van der Waals surface area (Å²) in [7, 11) is -4.26. The fourth-order valence-electron chi connectivity index (χ4n) is 4.95. The molecule has 0 spiro atoms. The number of rotatable bonds is 11. The molecule has 2 atom stereocenters. The lowest BCUT2D eigenvalue weighted by Gasteiger charge is -2.31. The molecule has 7 heteroatoms. The molecular weight excluding hydrogens is 488 g/mol. The molecule has 1 aliphatic carbocycles. The first-order chi connectivity index (χ1) is 17.7. The van der Waals surface area contributed by atoms with Gasteiger partial charge < -0.3 is 14.9 Å². The van der Waals surface area contributed by atoms with E-state index in [9.17, 15) is 23.2 Å². The van der Waals surface area contributed by atoms with Crippen molar-refractivity contribution in [2.24, 2.45) is 0 Å². The Kier molecular flexibility index (Phi) is 8.69. The number of benzene rings is 3. The van der Waals surface area contributed by atoms with Crippen LogP contribution in [0.15, 0.2) is 91.0 Å². The Hall–Kier alpha value is -3.13. The number of aromatic hydroxyl groups is 1. The summed E-state index contributed by atoms with van der Waals surface area (Å²) in [6.07, 6.45) is 7.13. The normalized spacial score (nSPS) is 17.0. The van der Waals surface area contributed by atoms with E-state index in [-0.39, 0.29) is 24.2 Å². The highest BCUT2D eigenvalue weighted by atomic mass is 32.2. The molecule has 0 bridgehead atoms. The van der Waals surface area contributed by atoms with Crippen molar-refractivity contribution in [2.75, 3.05) is 0 Å². The molecule has 0 aromatic heterocycles. The van der Waals surface area contributed by atoms with Crippen LogP contribution in [0.1, 0.15) is 61.3 Å². The number of hydrogen-bond donors (Lipinski definition) is 3. The summed E-state index contributed by atoms with van der Waals surface area (Å²) in [5, 5.41) is 18.6. The number of hydrogen-bond acceptors (Lipinski definition) is 5. The fraction of sp³-hybridized carbons (Fsp3) is 0.333. The van der Waals surface area contributed by atoms with E-state index in [4.69, 9.17) is 4.74 Å². The van der Waals surface area contributed by atoms with Crippen molar-refractivity contribution in [2.45, 2.75) is 61.9 Å². The molecule has 1 saturated carbocycles. The van der Waals surface area contributed by atoms with E-state index in [0.29, 0.717) is 12.0 Å². The summed E-state index contributed by atoms with van der Waals surface area (Å²) in [4.78, 5) is 0. The highest BCUT2D eigenvalue weighted by Gasteiger charge is 2.37. The SMILES string of the molecule is O=S(=O)(O)C(CC=CC(O)c1ccc(O)cc1)CCc1ccc(OC2(c3ccccc3)CCCC2)cc1. The third kappa shape index (κ3) is 7.22. The first-order valence-corrected chi connectivity index (χ1v) is 14.2. The van der Waals surface area contributed by atoms with Gasteiger partial charge >= 0.3 is 0 Å². The minimum absolute atomic E-state index is 0.0781. The molecule has 0 aliphatic heterocycles. The summed E-state index contributed by atoms with van der Waals surface area (Å²) < 4.78 is 40.2. The van der Waals surface area contributed by atoms with Crippen LogP contribution >= 0.6 is 0 Å². The standard InChI is InChI=1S/C30H34O6S/c31-26-16-14-24(15-17-26)29(32)10-6-9-28(37(33,34)35)20-13-23-11-18-27(19-12-23)36-30(21-4-5-22-30)25-7-2-1-3-8-25/h1-3,6-8,10-12,14-19,28-29,31-32H,4-5,9,13,20-22H2,(H,33,34,35). The summed E-state index contributed by atoms with van der Waals surface area (Å²) in [5.41, 5.74) is 2.41. The predicted molar refractivity (Wildman–Crippen MR) is 144 cm³/mol. The number of aryl methyl sites for hydroxylation is 1. The van der Waals surface area contributed by atoms with Crippen molar-refractivity contribution in [3.63, 3.8) is 0 Å². The van der Waals surface area contributed by atoms with Crippen LogP contribution in [0.3, 0.4) is 0 Å². The Morgan fingerprint density at radius 1 is 0.919 bits per heavy atom. The minimum atomic E-state index is -4.26. The second-order valence-corrected chi connectivity index (χ2v) is 11.4. The first kappa shape index (κ1) is 26.9. The highest BCUT2D eigenvalue weighted by Crippen LogP contribution is 2.42. The van der Waals surface area contributed by atoms with Gasteiger partial charge in [-0.2, -0.15) is 8.42 Å². The maximum Gasteiger partial charge on any atom is 0.268 e. The van der Waals surface area contributed by atoms with Crippen LogP contribution in [-0.2, 0) is 22.1 Å². The molecule has 0 heterocycles. The van der Waals surface area contributed by atoms with Gasteiger partial charge in [0.25, 0.3) is 10.1 Å². The van der Waals surface area contributed by atoms with Crippen LogP contribution in [0.4, 0.5) is 0 Å². The van der Waals surface area contributed by atoms with Crippen molar-refractivity contribution < 1.29 is 27.9 Å². The third-order valence-corrected chi connectivity index (χ3v) is 8.35. The number of aliphatic hydroxyl groups is 1. The average molecular weight is 523 g/mol. The number of phenolic OH excluding ortho intramolecular Hbond substituents is 1. The van der Waals surface area contributed by atoms with Gasteiger partial charge in [0.15, 0.2) is 0 Å². The molecule has 3 N–H and O–H groups in total. The van der Waals surface area contributed by atoms with E-state index < -0.39 is 21.5 Å². The average Bonchev–Trinajstić information content (AvgIpc) is 3.37. The summed E-state index contributed by atoms with van der Waals surface area (Å²) in [6, 6.07) is 24.2. The number of ether oxygens (including phenoxy) is 1. The summed E-state index contributed by atoms with van der Waals surface area (Å²) in [5.74, 6) is 0.882. The molecule has 4 rings (SSSR count). The Labute approximate surface area is 219 Å². The van der Waals surface area contributed by atoms with E-state index in [2.05, 4.69) is 12.1 Å². The largest absolute Gasteiger partial charge is 0.508 e. The van der Waals surface area contributed by atoms with E-state index in [1.165, 1.54) is 23.8 Å². The maximum atomic E-state index is 12.0. The Bertz CT molecular complexity index is 1260. The lowest BCUT2D eigenvalue weighted by Crippen LogP contribution is -2.29. The molecule has 2 unspecified atom stereocenters. The highest BCUT2D eigenvalue weighted by molar-refractivity contribution is 7.86. The summed E-state index contributed by atoms with van der Waals surface area (Å²) >= 11 is 0. The monoisotopic (exact) mass is 522 g/mol. The summed E-state index contributed by atoms with van der Waals surface area (Å²) in [6.45, 7) is 0. The Balaban J connectivity index is 1.35. The van der Waals surface area contributed by atoms with E-state index in [1.54, 1.807) is 18.2 Å². The molecule has 196 valence electrons. The van der Waals surface area contributed by atoms with Crippen LogP contribution < -0.4 is 4.74 Å². The molecule has 1 fully saturated rings. The molecule has 0 saturated heterocycles. The van der Waals surface area contributed by atoms with Crippen molar-refractivity contribution in [3.05, 3.63) is 108 Å². The zero-order valence-electron chi connectivity index (χ0n) is 20.7. The lowest BCUT2D eigenvalue weighted by molar-refractivity contribution is 0.0739. The van der Waals surface area contributed by atoms with Crippen molar-refractivity contribution >= 4 is 10.1 Å². The van der Waals surface area contributed by atoms with Crippen LogP contribution in [0.2, 0.25) is 0 Å². The molecule has 3 aromatic rings. The predicted octanol–water partition coefficient (Wildman–Crippen LogP) is 6.11.